The Morgan fingerprint density at radius 3 is 2.43 bits per heavy atom. The zero-order chi connectivity index (χ0) is 15.6. The highest BCUT2D eigenvalue weighted by atomic mass is 32.2. The molecule has 21 heavy (non-hydrogen) atoms. The first-order valence-electron chi connectivity index (χ1n) is 5.92. The van der Waals surface area contributed by atoms with Gasteiger partial charge in [-0.05, 0) is 36.8 Å². The van der Waals surface area contributed by atoms with E-state index in [2.05, 4.69) is 4.72 Å². The van der Waals surface area contributed by atoms with Crippen LogP contribution < -0.4 is 4.72 Å². The first-order valence-corrected chi connectivity index (χ1v) is 7.41. The number of carbonyl (C=O) groups is 1. The van der Waals surface area contributed by atoms with Gasteiger partial charge in [-0.2, -0.15) is 0 Å². The molecule has 0 spiro atoms. The second-order valence-electron chi connectivity index (χ2n) is 4.37. The van der Waals surface area contributed by atoms with Crippen LogP contribution >= 0.6 is 0 Å². The lowest BCUT2D eigenvalue weighted by molar-refractivity contribution is 0.0696. The zero-order valence-corrected chi connectivity index (χ0v) is 11.8. The summed E-state index contributed by atoms with van der Waals surface area (Å²) in [4.78, 5) is 10.7. The predicted molar refractivity (Wildman–Crippen MR) is 75.3 cm³/mol. The number of nitrogens with one attached hydrogen (secondary N) is 1. The number of aromatic carboxylic acids is 1. The predicted octanol–water partition coefficient (Wildman–Crippen LogP) is 2.63. The smallest absolute Gasteiger partial charge is 0.335 e. The molecule has 0 amide bonds. The number of aryl methyl sites for hydroxylation is 1. The van der Waals surface area contributed by atoms with E-state index < -0.39 is 21.8 Å². The van der Waals surface area contributed by atoms with Crippen LogP contribution in [0.5, 0.6) is 0 Å². The van der Waals surface area contributed by atoms with E-state index in [1.165, 1.54) is 6.07 Å². The number of rotatable bonds is 4. The van der Waals surface area contributed by atoms with Gasteiger partial charge >= 0.3 is 5.97 Å². The van der Waals surface area contributed by atoms with Crippen molar-refractivity contribution >= 4 is 21.7 Å². The molecule has 5 nitrogen and oxygen atoms in total. The molecule has 0 atom stereocenters. The lowest BCUT2D eigenvalue weighted by Crippen LogP contribution is -2.15. The molecule has 0 aromatic heterocycles. The van der Waals surface area contributed by atoms with Crippen LogP contribution in [-0.2, 0) is 10.0 Å². The molecular weight excluding hydrogens is 297 g/mol. The van der Waals surface area contributed by atoms with Gasteiger partial charge in [-0.3, -0.25) is 4.72 Å². The fourth-order valence-electron chi connectivity index (χ4n) is 1.79. The second-order valence-corrected chi connectivity index (χ2v) is 6.02. The van der Waals surface area contributed by atoms with E-state index in [1.807, 2.05) is 0 Å². The summed E-state index contributed by atoms with van der Waals surface area (Å²) in [6.45, 7) is 1.62. The molecule has 2 aromatic carbocycles. The highest BCUT2D eigenvalue weighted by Crippen LogP contribution is 2.22. The van der Waals surface area contributed by atoms with E-state index in [4.69, 9.17) is 5.11 Å². The highest BCUT2D eigenvalue weighted by molar-refractivity contribution is 7.92. The van der Waals surface area contributed by atoms with E-state index in [1.54, 1.807) is 25.1 Å². The second kappa shape index (κ2) is 5.53. The Kier molecular flexibility index (Phi) is 3.95. The minimum atomic E-state index is -3.94. The number of benzene rings is 2. The van der Waals surface area contributed by atoms with Crippen LogP contribution in [0.3, 0.4) is 0 Å². The van der Waals surface area contributed by atoms with Crippen molar-refractivity contribution in [1.29, 1.82) is 0 Å². The Morgan fingerprint density at radius 1 is 1.19 bits per heavy atom. The van der Waals surface area contributed by atoms with Crippen LogP contribution in [0.2, 0.25) is 0 Å². The molecule has 0 saturated heterocycles. The van der Waals surface area contributed by atoms with E-state index in [0.717, 1.165) is 18.2 Å². The van der Waals surface area contributed by atoms with Crippen molar-refractivity contribution < 1.29 is 22.7 Å². The molecule has 0 saturated carbocycles. The van der Waals surface area contributed by atoms with Gasteiger partial charge in [-0.25, -0.2) is 17.6 Å². The molecule has 0 bridgehead atoms. The number of hydrogen-bond donors (Lipinski definition) is 2. The third-order valence-corrected chi connectivity index (χ3v) is 4.37. The Bertz CT molecular complexity index is 802. The summed E-state index contributed by atoms with van der Waals surface area (Å²) in [6, 6.07) is 9.25. The number of carboxylic acids is 1. The van der Waals surface area contributed by atoms with Crippen molar-refractivity contribution in [2.75, 3.05) is 4.72 Å². The van der Waals surface area contributed by atoms with Crippen LogP contribution in [0.15, 0.2) is 47.4 Å². The molecule has 0 aliphatic carbocycles. The van der Waals surface area contributed by atoms with Crippen LogP contribution in [0.4, 0.5) is 10.1 Å². The summed E-state index contributed by atoms with van der Waals surface area (Å²) in [5, 5.41) is 8.74. The summed E-state index contributed by atoms with van der Waals surface area (Å²) in [7, 11) is -3.94. The Hall–Kier alpha value is -2.41. The van der Waals surface area contributed by atoms with Gasteiger partial charge in [0.1, 0.15) is 5.82 Å². The highest BCUT2D eigenvalue weighted by Gasteiger charge is 2.18. The summed E-state index contributed by atoms with van der Waals surface area (Å²) >= 11 is 0. The average Bonchev–Trinajstić information content (AvgIpc) is 2.41. The molecule has 0 heterocycles. The lowest BCUT2D eigenvalue weighted by Gasteiger charge is -2.11. The maximum Gasteiger partial charge on any atom is 0.335 e. The molecule has 0 aliphatic heterocycles. The van der Waals surface area contributed by atoms with Crippen molar-refractivity contribution in [3.05, 3.63) is 59.4 Å². The normalized spacial score (nSPS) is 11.1. The fraction of sp³-hybridized carbons (Fsp3) is 0.0714. The molecule has 0 fully saturated rings. The standard InChI is InChI=1S/C14H12FNO4S/c1-9-4-2-3-5-13(9)21(19,20)16-12-7-6-10(14(17)18)8-11(12)15/h2-8,16H,1H3,(H,17,18). The third-order valence-electron chi connectivity index (χ3n) is 2.84. The summed E-state index contributed by atoms with van der Waals surface area (Å²) in [6.07, 6.45) is 0. The van der Waals surface area contributed by atoms with Gasteiger partial charge in [0.15, 0.2) is 0 Å². The van der Waals surface area contributed by atoms with Crippen molar-refractivity contribution in [3.8, 4) is 0 Å². The number of sulfonamides is 1. The zero-order valence-electron chi connectivity index (χ0n) is 11.0. The summed E-state index contributed by atoms with van der Waals surface area (Å²) in [5.41, 5.74) is -0.0397. The van der Waals surface area contributed by atoms with E-state index >= 15 is 0 Å². The lowest BCUT2D eigenvalue weighted by atomic mass is 10.2. The van der Waals surface area contributed by atoms with E-state index in [-0.39, 0.29) is 16.1 Å². The number of halogens is 1. The van der Waals surface area contributed by atoms with Crippen LogP contribution in [0, 0.1) is 12.7 Å². The van der Waals surface area contributed by atoms with Gasteiger partial charge in [0.25, 0.3) is 10.0 Å². The number of anilines is 1. The van der Waals surface area contributed by atoms with Gasteiger partial charge in [-0.15, -0.1) is 0 Å². The first-order chi connectivity index (χ1) is 9.81. The van der Waals surface area contributed by atoms with Crippen LogP contribution in [-0.4, -0.2) is 19.5 Å². The first kappa shape index (κ1) is 15.0. The maximum atomic E-state index is 13.8. The van der Waals surface area contributed by atoms with Crippen LogP contribution in [0.1, 0.15) is 15.9 Å². The molecule has 2 aromatic rings. The summed E-state index contributed by atoms with van der Waals surface area (Å²) in [5.74, 6) is -2.24. The third kappa shape index (κ3) is 3.19. The Balaban J connectivity index is 2.38. The molecule has 7 heteroatoms. The monoisotopic (exact) mass is 309 g/mol. The Labute approximate surface area is 121 Å². The molecular formula is C14H12FNO4S. The maximum absolute atomic E-state index is 13.8. The van der Waals surface area contributed by atoms with Crippen molar-refractivity contribution in [3.63, 3.8) is 0 Å². The largest absolute Gasteiger partial charge is 0.478 e. The number of carboxylic acid groups (broad SMARTS) is 1. The van der Waals surface area contributed by atoms with Gasteiger partial charge in [0.2, 0.25) is 0 Å². The van der Waals surface area contributed by atoms with Gasteiger partial charge in [-0.1, -0.05) is 18.2 Å². The minimum absolute atomic E-state index is 0.0340. The van der Waals surface area contributed by atoms with Gasteiger partial charge in [0, 0.05) is 0 Å². The van der Waals surface area contributed by atoms with Gasteiger partial charge in [0.05, 0.1) is 16.1 Å². The molecule has 2 N–H and O–H groups in total. The molecule has 0 aliphatic rings. The summed E-state index contributed by atoms with van der Waals surface area (Å²) < 4.78 is 40.3. The van der Waals surface area contributed by atoms with Gasteiger partial charge < -0.3 is 5.11 Å². The topological polar surface area (TPSA) is 83.5 Å². The SMILES string of the molecule is Cc1ccccc1S(=O)(=O)Nc1ccc(C(=O)O)cc1F. The van der Waals surface area contributed by atoms with E-state index in [9.17, 15) is 17.6 Å². The van der Waals surface area contributed by atoms with Crippen molar-refractivity contribution in [2.24, 2.45) is 0 Å². The van der Waals surface area contributed by atoms with Crippen LogP contribution in [0.25, 0.3) is 0 Å². The number of hydrogen-bond acceptors (Lipinski definition) is 3. The van der Waals surface area contributed by atoms with E-state index in [0.29, 0.717) is 5.56 Å². The molecule has 0 radical (unpaired) electrons. The molecule has 110 valence electrons. The quantitative estimate of drug-likeness (QED) is 0.909. The average molecular weight is 309 g/mol. The minimum Gasteiger partial charge on any atom is -0.478 e. The molecule has 2 rings (SSSR count). The molecule has 0 unspecified atom stereocenters. The Morgan fingerprint density at radius 2 is 1.86 bits per heavy atom. The fourth-order valence-corrected chi connectivity index (χ4v) is 3.10. The van der Waals surface area contributed by atoms with Crippen molar-refractivity contribution in [1.82, 2.24) is 0 Å². The van der Waals surface area contributed by atoms with Crippen molar-refractivity contribution in [2.45, 2.75) is 11.8 Å².